The minimum Gasteiger partial charge on any atom is -0.354 e. The quantitative estimate of drug-likeness (QED) is 0.584. The van der Waals surface area contributed by atoms with Crippen LogP contribution in [0.2, 0.25) is 0 Å². The average Bonchev–Trinajstić information content (AvgIpc) is 3.11. The molecule has 6 nitrogen and oxygen atoms in total. The van der Waals surface area contributed by atoms with Crippen molar-refractivity contribution in [3.8, 4) is 0 Å². The number of benzene rings is 2. The van der Waals surface area contributed by atoms with E-state index in [9.17, 15) is 9.59 Å². The summed E-state index contributed by atoms with van der Waals surface area (Å²) >= 11 is 0. The third kappa shape index (κ3) is 3.29. The Bertz CT molecular complexity index is 1210. The van der Waals surface area contributed by atoms with Crippen molar-refractivity contribution >= 4 is 22.3 Å². The fourth-order valence-electron chi connectivity index (χ4n) is 3.52. The van der Waals surface area contributed by atoms with Crippen LogP contribution in [0.1, 0.15) is 24.2 Å². The number of nitrogens with one attached hydrogen (secondary N) is 1. The van der Waals surface area contributed by atoms with Crippen LogP contribution in [0.25, 0.3) is 16.4 Å². The van der Waals surface area contributed by atoms with Crippen molar-refractivity contribution < 1.29 is 4.79 Å². The van der Waals surface area contributed by atoms with Gasteiger partial charge in [0.1, 0.15) is 17.9 Å². The summed E-state index contributed by atoms with van der Waals surface area (Å²) < 4.78 is 3.08. The highest BCUT2D eigenvalue weighted by Gasteiger charge is 2.14. The van der Waals surface area contributed by atoms with Gasteiger partial charge in [0.05, 0.1) is 5.52 Å². The van der Waals surface area contributed by atoms with Gasteiger partial charge in [-0.3, -0.25) is 14.0 Å². The molecule has 2 heterocycles. The van der Waals surface area contributed by atoms with Crippen LogP contribution in [0, 0.1) is 6.92 Å². The first-order valence-corrected chi connectivity index (χ1v) is 9.34. The Hall–Kier alpha value is -3.41. The molecule has 0 unspecified atom stereocenters. The summed E-state index contributed by atoms with van der Waals surface area (Å²) in [6.07, 6.45) is 0. The number of para-hydroxylation sites is 1. The Morgan fingerprint density at radius 3 is 2.57 bits per heavy atom. The number of hydrogen-bond donors (Lipinski definition) is 1. The molecule has 0 aliphatic heterocycles. The number of fused-ring (bicyclic) bond motifs is 3. The van der Waals surface area contributed by atoms with E-state index in [1.54, 1.807) is 0 Å². The summed E-state index contributed by atoms with van der Waals surface area (Å²) in [5.74, 6) is 0.633. The number of amides is 1. The fourth-order valence-corrected chi connectivity index (χ4v) is 3.52. The minimum absolute atomic E-state index is 0.0980. The second-order valence-electron chi connectivity index (χ2n) is 7.05. The van der Waals surface area contributed by atoms with Crippen molar-refractivity contribution in [1.82, 2.24) is 19.5 Å². The van der Waals surface area contributed by atoms with E-state index in [0.717, 1.165) is 16.5 Å². The van der Waals surface area contributed by atoms with Crippen LogP contribution in [-0.2, 0) is 11.3 Å². The molecule has 28 heavy (non-hydrogen) atoms. The molecule has 142 valence electrons. The molecule has 2 aromatic carbocycles. The number of carbonyl (C=O) groups excluding carboxylic acids is 1. The third-order valence-electron chi connectivity index (χ3n) is 5.02. The first-order chi connectivity index (χ1) is 13.5. The highest BCUT2D eigenvalue weighted by molar-refractivity contribution is 5.87. The van der Waals surface area contributed by atoms with E-state index in [-0.39, 0.29) is 23.9 Å². The standard InChI is InChI=1S/C22H22N4O2/c1-15(17-8-4-3-5-9-17)13-23-21(27)14-25-22(28)20-12-18-10-6-7-11-19(18)26(20)16(2)24-25/h3-12,15H,13-14H2,1-2H3,(H,23,27)/t15-/m0/s1. The van der Waals surface area contributed by atoms with E-state index in [1.165, 1.54) is 4.68 Å². The normalized spacial score (nSPS) is 12.4. The lowest BCUT2D eigenvalue weighted by Crippen LogP contribution is -2.36. The van der Waals surface area contributed by atoms with Gasteiger partial charge in [0.15, 0.2) is 0 Å². The molecule has 4 rings (SSSR count). The van der Waals surface area contributed by atoms with Crippen LogP contribution >= 0.6 is 0 Å². The van der Waals surface area contributed by atoms with Gasteiger partial charge >= 0.3 is 0 Å². The molecular formula is C22H22N4O2. The predicted molar refractivity (Wildman–Crippen MR) is 110 cm³/mol. The van der Waals surface area contributed by atoms with Crippen LogP contribution in [0.3, 0.4) is 0 Å². The highest BCUT2D eigenvalue weighted by Crippen LogP contribution is 2.18. The van der Waals surface area contributed by atoms with Crippen molar-refractivity contribution in [2.45, 2.75) is 26.3 Å². The molecule has 4 aromatic rings. The molecule has 0 saturated carbocycles. The van der Waals surface area contributed by atoms with E-state index in [0.29, 0.717) is 17.9 Å². The molecule has 0 fully saturated rings. The second-order valence-corrected chi connectivity index (χ2v) is 7.05. The first kappa shape index (κ1) is 18.0. The van der Waals surface area contributed by atoms with Gasteiger partial charge in [-0.25, -0.2) is 4.68 Å². The Morgan fingerprint density at radius 1 is 1.07 bits per heavy atom. The number of nitrogens with zero attached hydrogens (tertiary/aromatic N) is 3. The summed E-state index contributed by atoms with van der Waals surface area (Å²) in [6.45, 7) is 4.31. The van der Waals surface area contributed by atoms with Crippen molar-refractivity contribution in [1.29, 1.82) is 0 Å². The van der Waals surface area contributed by atoms with Crippen molar-refractivity contribution in [2.75, 3.05) is 6.54 Å². The Balaban J connectivity index is 1.54. The van der Waals surface area contributed by atoms with E-state index in [1.807, 2.05) is 72.0 Å². The molecule has 0 radical (unpaired) electrons. The SMILES string of the molecule is Cc1nn(CC(=O)NC[C@H](C)c2ccccc2)c(=O)c2cc3ccccc3n12. The number of aromatic nitrogens is 3. The maximum atomic E-state index is 12.8. The van der Waals surface area contributed by atoms with E-state index >= 15 is 0 Å². The predicted octanol–water partition coefficient (Wildman–Crippen LogP) is 2.88. The van der Waals surface area contributed by atoms with Crippen molar-refractivity contribution in [3.63, 3.8) is 0 Å². The number of carbonyl (C=O) groups is 1. The second kappa shape index (κ2) is 7.31. The third-order valence-corrected chi connectivity index (χ3v) is 5.02. The summed E-state index contributed by atoms with van der Waals surface area (Å²) in [5.41, 5.74) is 2.36. The molecule has 0 spiro atoms. The van der Waals surface area contributed by atoms with Crippen molar-refractivity contribution in [3.05, 3.63) is 82.4 Å². The van der Waals surface area contributed by atoms with Gasteiger partial charge in [0.25, 0.3) is 5.56 Å². The maximum Gasteiger partial charge on any atom is 0.291 e. The summed E-state index contributed by atoms with van der Waals surface area (Å²) in [6, 6.07) is 19.6. The van der Waals surface area contributed by atoms with Gasteiger partial charge in [0, 0.05) is 11.9 Å². The Morgan fingerprint density at radius 2 is 1.79 bits per heavy atom. The van der Waals surface area contributed by atoms with Crippen LogP contribution in [0.4, 0.5) is 0 Å². The summed E-state index contributed by atoms with van der Waals surface area (Å²) in [4.78, 5) is 25.2. The van der Waals surface area contributed by atoms with Gasteiger partial charge in [-0.05, 0) is 30.5 Å². The van der Waals surface area contributed by atoms with E-state index in [4.69, 9.17) is 0 Å². The zero-order valence-corrected chi connectivity index (χ0v) is 15.9. The maximum absolute atomic E-state index is 12.8. The lowest BCUT2D eigenvalue weighted by atomic mass is 10.0. The molecule has 1 N–H and O–H groups in total. The lowest BCUT2D eigenvalue weighted by molar-refractivity contribution is -0.121. The molecule has 0 aliphatic carbocycles. The van der Waals surface area contributed by atoms with Gasteiger partial charge < -0.3 is 5.32 Å². The molecule has 0 bridgehead atoms. The summed E-state index contributed by atoms with van der Waals surface area (Å²) in [5, 5.41) is 8.24. The minimum atomic E-state index is -0.270. The smallest absolute Gasteiger partial charge is 0.291 e. The summed E-state index contributed by atoms with van der Waals surface area (Å²) in [7, 11) is 0. The largest absolute Gasteiger partial charge is 0.354 e. The van der Waals surface area contributed by atoms with Crippen molar-refractivity contribution in [2.24, 2.45) is 0 Å². The number of aryl methyl sites for hydroxylation is 1. The fraction of sp³-hybridized carbons (Fsp3) is 0.227. The average molecular weight is 374 g/mol. The molecule has 2 aromatic heterocycles. The molecule has 1 amide bonds. The Labute approximate surface area is 162 Å². The van der Waals surface area contributed by atoms with Crippen LogP contribution in [-0.4, -0.2) is 26.6 Å². The molecule has 0 saturated heterocycles. The molecular weight excluding hydrogens is 352 g/mol. The van der Waals surface area contributed by atoms with Gasteiger partial charge in [-0.2, -0.15) is 5.10 Å². The Kier molecular flexibility index (Phi) is 4.69. The topological polar surface area (TPSA) is 68.4 Å². The number of rotatable bonds is 5. The van der Waals surface area contributed by atoms with E-state index in [2.05, 4.69) is 17.3 Å². The molecule has 0 aliphatic rings. The molecule has 6 heteroatoms. The van der Waals surface area contributed by atoms with E-state index < -0.39 is 0 Å². The number of hydrogen-bond acceptors (Lipinski definition) is 3. The lowest BCUT2D eigenvalue weighted by Gasteiger charge is -2.14. The van der Waals surface area contributed by atoms with Gasteiger partial charge in [0.2, 0.25) is 5.91 Å². The zero-order valence-electron chi connectivity index (χ0n) is 15.9. The van der Waals surface area contributed by atoms with Crippen LogP contribution in [0.5, 0.6) is 0 Å². The zero-order chi connectivity index (χ0) is 19.7. The monoisotopic (exact) mass is 374 g/mol. The van der Waals surface area contributed by atoms with Crippen LogP contribution in [0.15, 0.2) is 65.5 Å². The van der Waals surface area contributed by atoms with Gasteiger partial charge in [-0.15, -0.1) is 0 Å². The first-order valence-electron chi connectivity index (χ1n) is 9.34. The van der Waals surface area contributed by atoms with Gasteiger partial charge in [-0.1, -0.05) is 55.5 Å². The molecule has 1 atom stereocenters. The highest BCUT2D eigenvalue weighted by atomic mass is 16.2. The van der Waals surface area contributed by atoms with Crippen LogP contribution < -0.4 is 10.9 Å².